The molecule has 1 N–H and O–H groups in total. The van der Waals surface area contributed by atoms with Crippen molar-refractivity contribution < 1.29 is 5.11 Å². The molecule has 0 aromatic heterocycles. The minimum Gasteiger partial charge on any atom is -0.393 e. The number of hydrogen-bond donors (Lipinski definition) is 1. The Morgan fingerprint density at radius 1 is 0.581 bits per heavy atom. The van der Waals surface area contributed by atoms with Gasteiger partial charge < -0.3 is 5.11 Å². The molecule has 0 spiro atoms. The zero-order valence-corrected chi connectivity index (χ0v) is 22.1. The van der Waals surface area contributed by atoms with Crippen LogP contribution in [0.5, 0.6) is 0 Å². The van der Waals surface area contributed by atoms with Gasteiger partial charge in [0.1, 0.15) is 0 Å². The van der Waals surface area contributed by atoms with E-state index in [2.05, 4.69) is 55.4 Å². The van der Waals surface area contributed by atoms with Crippen molar-refractivity contribution in [3.63, 3.8) is 0 Å². The average molecular weight is 429 g/mol. The quantitative estimate of drug-likeness (QED) is 0.412. The standard InChI is InChI=1S/C30H52O/c1-20-21(31)9-10-22-27(20,5)12-11-23-28(22,6)16-18-30(8)24-19-25(2,3)13-14-26(24,4)15-17-29(23,30)7/h20-24,31H,9-19H2,1-8H3/t20-,21?,22?,23?,24+,26+,27+,28-,29+,30?/m0/s1. The van der Waals surface area contributed by atoms with Gasteiger partial charge in [0.15, 0.2) is 0 Å². The van der Waals surface area contributed by atoms with Crippen LogP contribution in [0.15, 0.2) is 0 Å². The predicted octanol–water partition coefficient (Wildman–Crippen LogP) is 8.25. The molecule has 1 heteroatoms. The molecule has 4 unspecified atom stereocenters. The topological polar surface area (TPSA) is 20.2 Å². The molecule has 178 valence electrons. The summed E-state index contributed by atoms with van der Waals surface area (Å²) >= 11 is 0. The molecule has 0 aromatic carbocycles. The van der Waals surface area contributed by atoms with Gasteiger partial charge in [0.25, 0.3) is 0 Å². The summed E-state index contributed by atoms with van der Waals surface area (Å²) in [6.07, 6.45) is 15.1. The first-order valence-electron chi connectivity index (χ1n) is 13.9. The summed E-state index contributed by atoms with van der Waals surface area (Å²) in [7, 11) is 0. The van der Waals surface area contributed by atoms with Crippen molar-refractivity contribution in [2.75, 3.05) is 0 Å². The van der Waals surface area contributed by atoms with Crippen molar-refractivity contribution >= 4 is 0 Å². The van der Waals surface area contributed by atoms with E-state index in [9.17, 15) is 5.11 Å². The van der Waals surface area contributed by atoms with Gasteiger partial charge in [-0.25, -0.2) is 0 Å². The van der Waals surface area contributed by atoms with Gasteiger partial charge in [0.2, 0.25) is 0 Å². The third kappa shape index (κ3) is 2.77. The van der Waals surface area contributed by atoms with E-state index in [1.165, 1.54) is 64.2 Å². The van der Waals surface area contributed by atoms with Crippen LogP contribution in [0.3, 0.4) is 0 Å². The average Bonchev–Trinajstić information content (AvgIpc) is 2.69. The van der Waals surface area contributed by atoms with E-state index >= 15 is 0 Å². The maximum Gasteiger partial charge on any atom is 0.0571 e. The second kappa shape index (κ2) is 6.55. The summed E-state index contributed by atoms with van der Waals surface area (Å²) in [5, 5.41) is 10.7. The number of hydrogen-bond acceptors (Lipinski definition) is 1. The van der Waals surface area contributed by atoms with Crippen molar-refractivity contribution in [2.45, 2.75) is 132 Å². The first kappa shape index (κ1) is 22.7. The SMILES string of the molecule is C[C@H]1C(O)CCC2[C@]3(C)CCC4(C)[C@@H]5CC(C)(C)CC[C@]5(C)CC[C@]4(C)C3CC[C@@]21C. The molecule has 5 rings (SSSR count). The first-order valence-corrected chi connectivity index (χ1v) is 13.9. The third-order valence-corrected chi connectivity index (χ3v) is 13.9. The molecule has 0 aromatic rings. The van der Waals surface area contributed by atoms with Crippen LogP contribution in [0.4, 0.5) is 0 Å². The van der Waals surface area contributed by atoms with Crippen LogP contribution >= 0.6 is 0 Å². The Kier molecular flexibility index (Phi) is 4.80. The van der Waals surface area contributed by atoms with Crippen LogP contribution in [-0.4, -0.2) is 11.2 Å². The number of aliphatic hydroxyl groups excluding tert-OH is 1. The number of rotatable bonds is 0. The smallest absolute Gasteiger partial charge is 0.0571 e. The fourth-order valence-electron chi connectivity index (χ4n) is 11.4. The Labute approximate surface area is 193 Å². The van der Waals surface area contributed by atoms with Crippen LogP contribution in [0.25, 0.3) is 0 Å². The lowest BCUT2D eigenvalue weighted by atomic mass is 9.30. The second-order valence-corrected chi connectivity index (χ2v) is 15.5. The molecule has 0 heterocycles. The van der Waals surface area contributed by atoms with Crippen LogP contribution in [0.1, 0.15) is 126 Å². The minimum absolute atomic E-state index is 0.0781. The molecule has 5 fully saturated rings. The molecule has 5 aliphatic rings. The predicted molar refractivity (Wildman–Crippen MR) is 131 cm³/mol. The second-order valence-electron chi connectivity index (χ2n) is 15.5. The summed E-state index contributed by atoms with van der Waals surface area (Å²) in [6.45, 7) is 20.9. The van der Waals surface area contributed by atoms with Gasteiger partial charge in [0.05, 0.1) is 6.10 Å². The van der Waals surface area contributed by atoms with E-state index in [0.29, 0.717) is 38.4 Å². The van der Waals surface area contributed by atoms with E-state index < -0.39 is 0 Å². The normalized spacial score (nSPS) is 60.9. The lowest BCUT2D eigenvalue weighted by molar-refractivity contribution is -0.263. The molecule has 0 amide bonds. The van der Waals surface area contributed by atoms with Gasteiger partial charge in [-0.2, -0.15) is 0 Å². The third-order valence-electron chi connectivity index (χ3n) is 13.9. The van der Waals surface area contributed by atoms with E-state index in [1.807, 2.05) is 0 Å². The Morgan fingerprint density at radius 2 is 1.19 bits per heavy atom. The summed E-state index contributed by atoms with van der Waals surface area (Å²) < 4.78 is 0. The van der Waals surface area contributed by atoms with Crippen molar-refractivity contribution in [1.29, 1.82) is 0 Å². The molecule has 31 heavy (non-hydrogen) atoms. The van der Waals surface area contributed by atoms with Gasteiger partial charge in [-0.05, 0) is 127 Å². The van der Waals surface area contributed by atoms with Crippen LogP contribution in [-0.2, 0) is 0 Å². The fraction of sp³-hybridized carbons (Fsp3) is 1.00. The summed E-state index contributed by atoms with van der Waals surface area (Å²) in [5.41, 5.74) is 2.88. The largest absolute Gasteiger partial charge is 0.393 e. The van der Waals surface area contributed by atoms with E-state index in [-0.39, 0.29) is 6.10 Å². The Hall–Kier alpha value is -0.0400. The van der Waals surface area contributed by atoms with Gasteiger partial charge >= 0.3 is 0 Å². The lowest BCUT2D eigenvalue weighted by Crippen LogP contribution is -2.67. The number of aliphatic hydroxyl groups is 1. The maximum absolute atomic E-state index is 10.7. The maximum atomic E-state index is 10.7. The molecule has 0 radical (unpaired) electrons. The van der Waals surface area contributed by atoms with Crippen molar-refractivity contribution in [2.24, 2.45) is 56.2 Å². The molecular weight excluding hydrogens is 376 g/mol. The van der Waals surface area contributed by atoms with Crippen molar-refractivity contribution in [3.8, 4) is 0 Å². The highest BCUT2D eigenvalue weighted by molar-refractivity contribution is 5.19. The van der Waals surface area contributed by atoms with Gasteiger partial charge in [-0.15, -0.1) is 0 Å². The minimum atomic E-state index is -0.0781. The Morgan fingerprint density at radius 3 is 1.90 bits per heavy atom. The lowest BCUT2D eigenvalue weighted by Gasteiger charge is -2.75. The fourth-order valence-corrected chi connectivity index (χ4v) is 11.4. The molecule has 0 saturated heterocycles. The molecule has 5 aliphatic carbocycles. The summed E-state index contributed by atoms with van der Waals surface area (Å²) in [5.74, 6) is 3.02. The van der Waals surface area contributed by atoms with Gasteiger partial charge in [-0.3, -0.25) is 0 Å². The van der Waals surface area contributed by atoms with E-state index in [1.54, 1.807) is 0 Å². The highest BCUT2D eigenvalue weighted by Gasteiger charge is 2.70. The van der Waals surface area contributed by atoms with Crippen molar-refractivity contribution in [1.82, 2.24) is 0 Å². The first-order chi connectivity index (χ1) is 14.2. The monoisotopic (exact) mass is 428 g/mol. The molecule has 1 nitrogen and oxygen atoms in total. The highest BCUT2D eigenvalue weighted by Crippen LogP contribution is 2.78. The van der Waals surface area contributed by atoms with Crippen LogP contribution in [0.2, 0.25) is 0 Å². The van der Waals surface area contributed by atoms with E-state index in [0.717, 1.165) is 24.2 Å². The Bertz CT molecular complexity index is 741. The Balaban J connectivity index is 1.54. The van der Waals surface area contributed by atoms with Crippen LogP contribution in [0, 0.1) is 56.2 Å². The molecule has 0 aliphatic heterocycles. The zero-order valence-electron chi connectivity index (χ0n) is 22.1. The van der Waals surface area contributed by atoms with Gasteiger partial charge in [-0.1, -0.05) is 55.4 Å². The molecular formula is C30H52O. The summed E-state index contributed by atoms with van der Waals surface area (Å²) in [6, 6.07) is 0. The highest BCUT2D eigenvalue weighted by atomic mass is 16.3. The zero-order chi connectivity index (χ0) is 22.7. The van der Waals surface area contributed by atoms with Crippen molar-refractivity contribution in [3.05, 3.63) is 0 Å². The summed E-state index contributed by atoms with van der Waals surface area (Å²) in [4.78, 5) is 0. The molecule has 0 bridgehead atoms. The van der Waals surface area contributed by atoms with E-state index in [4.69, 9.17) is 0 Å². The molecule has 10 atom stereocenters. The number of fused-ring (bicyclic) bond motifs is 7. The van der Waals surface area contributed by atoms with Crippen LogP contribution < -0.4 is 0 Å². The van der Waals surface area contributed by atoms with Gasteiger partial charge in [0, 0.05) is 0 Å². The molecule has 5 saturated carbocycles.